The fourth-order valence-corrected chi connectivity index (χ4v) is 2.62. The number of halogens is 1. The summed E-state index contributed by atoms with van der Waals surface area (Å²) in [6.07, 6.45) is 0.477. The Morgan fingerprint density at radius 1 is 0.750 bits per heavy atom. The van der Waals surface area contributed by atoms with E-state index in [1.807, 2.05) is 13.8 Å². The number of alkyl halides is 1. The molecule has 6 nitrogen and oxygen atoms in total. The van der Waals surface area contributed by atoms with E-state index in [-0.39, 0.29) is 4.83 Å². The van der Waals surface area contributed by atoms with Crippen molar-refractivity contribution in [3.63, 3.8) is 0 Å². The summed E-state index contributed by atoms with van der Waals surface area (Å²) < 4.78 is 0. The van der Waals surface area contributed by atoms with Gasteiger partial charge in [0.25, 0.3) is 0 Å². The first-order chi connectivity index (χ1) is 13.2. The number of benzene rings is 2. The summed E-state index contributed by atoms with van der Waals surface area (Å²) in [6, 6.07) is 16.6. The van der Waals surface area contributed by atoms with Gasteiger partial charge in [0.2, 0.25) is 0 Å². The molecule has 0 bridgehead atoms. The molecule has 0 saturated heterocycles. The lowest BCUT2D eigenvalue weighted by molar-refractivity contribution is 0.0686. The zero-order chi connectivity index (χ0) is 21.5. The van der Waals surface area contributed by atoms with Gasteiger partial charge in [-0.3, -0.25) is 0 Å². The van der Waals surface area contributed by atoms with Crippen LogP contribution in [-0.2, 0) is 0 Å². The Kier molecular flexibility index (Phi) is 13.6. The first-order valence-electron chi connectivity index (χ1n) is 8.81. The van der Waals surface area contributed by atoms with E-state index in [1.165, 1.54) is 0 Å². The van der Waals surface area contributed by atoms with Crippen LogP contribution in [0.2, 0.25) is 0 Å². The average molecular weight is 455 g/mol. The number of aromatic carboxylic acids is 2. The summed E-state index contributed by atoms with van der Waals surface area (Å²) in [4.78, 5) is 20.2. The van der Waals surface area contributed by atoms with Gasteiger partial charge in [-0.25, -0.2) is 9.59 Å². The average Bonchev–Trinajstić information content (AvgIpc) is 2.74. The maximum absolute atomic E-state index is 10.2. The van der Waals surface area contributed by atoms with Crippen LogP contribution in [0.5, 0.6) is 0 Å². The third-order valence-electron chi connectivity index (χ3n) is 3.61. The van der Waals surface area contributed by atoms with Gasteiger partial charge in [0.15, 0.2) is 0 Å². The third-order valence-corrected chi connectivity index (χ3v) is 4.83. The van der Waals surface area contributed by atoms with Crippen LogP contribution in [0.15, 0.2) is 60.7 Å². The first kappa shape index (κ1) is 25.8. The van der Waals surface area contributed by atoms with Crippen LogP contribution < -0.4 is 0 Å². The summed E-state index contributed by atoms with van der Waals surface area (Å²) in [5.41, 5.74) is 0.662. The Hall–Kier alpha value is -2.22. The van der Waals surface area contributed by atoms with Crippen LogP contribution >= 0.6 is 15.9 Å². The van der Waals surface area contributed by atoms with Crippen molar-refractivity contribution >= 4 is 27.9 Å². The molecular formula is C21H27BrO6. The van der Waals surface area contributed by atoms with E-state index >= 15 is 0 Å². The minimum Gasteiger partial charge on any atom is -0.478 e. The van der Waals surface area contributed by atoms with E-state index in [1.54, 1.807) is 60.7 Å². The van der Waals surface area contributed by atoms with Crippen LogP contribution in [0.3, 0.4) is 0 Å². The van der Waals surface area contributed by atoms with E-state index in [4.69, 9.17) is 10.2 Å². The van der Waals surface area contributed by atoms with E-state index in [0.29, 0.717) is 24.0 Å². The maximum atomic E-state index is 10.2. The number of aliphatic hydroxyl groups is 2. The topological polar surface area (TPSA) is 115 Å². The molecule has 28 heavy (non-hydrogen) atoms. The number of carboxylic acid groups (broad SMARTS) is 2. The predicted octanol–water partition coefficient (Wildman–Crippen LogP) is 4.06. The molecule has 4 N–H and O–H groups in total. The number of hydrogen-bond donors (Lipinski definition) is 4. The second-order valence-corrected chi connectivity index (χ2v) is 6.80. The van der Waals surface area contributed by atoms with Gasteiger partial charge in [-0.15, -0.1) is 0 Å². The van der Waals surface area contributed by atoms with E-state index in [9.17, 15) is 19.8 Å². The van der Waals surface area contributed by atoms with Crippen molar-refractivity contribution in [2.75, 3.05) is 0 Å². The Balaban J connectivity index is 0.000000391. The van der Waals surface area contributed by atoms with Crippen molar-refractivity contribution in [1.29, 1.82) is 0 Å². The molecular weight excluding hydrogens is 428 g/mol. The molecule has 0 aliphatic carbocycles. The summed E-state index contributed by atoms with van der Waals surface area (Å²) in [7, 11) is 0. The zero-order valence-corrected chi connectivity index (χ0v) is 17.5. The van der Waals surface area contributed by atoms with E-state index in [0.717, 1.165) is 0 Å². The molecule has 0 amide bonds. The van der Waals surface area contributed by atoms with Gasteiger partial charge in [0, 0.05) is 0 Å². The molecule has 2 unspecified atom stereocenters. The van der Waals surface area contributed by atoms with Gasteiger partial charge >= 0.3 is 11.9 Å². The minimum atomic E-state index is -0.879. The highest BCUT2D eigenvalue weighted by Crippen LogP contribution is 2.15. The lowest BCUT2D eigenvalue weighted by Gasteiger charge is -2.19. The quantitative estimate of drug-likeness (QED) is 0.489. The molecule has 154 valence electrons. The van der Waals surface area contributed by atoms with Crippen LogP contribution in [-0.4, -0.2) is 49.4 Å². The van der Waals surface area contributed by atoms with Gasteiger partial charge in [-0.1, -0.05) is 66.2 Å². The van der Waals surface area contributed by atoms with Crippen molar-refractivity contribution in [1.82, 2.24) is 0 Å². The second-order valence-electron chi connectivity index (χ2n) is 5.74. The fourth-order valence-electron chi connectivity index (χ4n) is 1.87. The number of hydrogen-bond acceptors (Lipinski definition) is 4. The molecule has 0 aliphatic rings. The summed E-state index contributed by atoms with van der Waals surface area (Å²) in [5, 5.41) is 35.2. The van der Waals surface area contributed by atoms with Crippen LogP contribution in [0.1, 0.15) is 47.4 Å². The molecule has 2 aromatic carbocycles. The smallest absolute Gasteiger partial charge is 0.335 e. The number of rotatable bonds is 6. The van der Waals surface area contributed by atoms with E-state index < -0.39 is 24.1 Å². The van der Waals surface area contributed by atoms with Gasteiger partial charge in [0.05, 0.1) is 28.2 Å². The molecule has 0 aromatic heterocycles. The van der Waals surface area contributed by atoms with Crippen LogP contribution in [0.4, 0.5) is 0 Å². The SMILES string of the molecule is CCC(O)C(Br)C(O)CC.O=C(O)c1ccccc1.O=C(O)c1ccccc1. The lowest BCUT2D eigenvalue weighted by atomic mass is 10.1. The Bertz CT molecular complexity index is 618. The highest BCUT2D eigenvalue weighted by molar-refractivity contribution is 9.09. The Morgan fingerprint density at radius 3 is 1.21 bits per heavy atom. The van der Waals surface area contributed by atoms with Crippen LogP contribution in [0, 0.1) is 0 Å². The number of carbonyl (C=O) groups is 2. The second kappa shape index (κ2) is 14.8. The standard InChI is InChI=1S/C7H15BrO2.2C7H6O2/c1-3-5(9)7(8)6(10)4-2;2*8-7(9)6-4-2-1-3-5-6/h5-7,9-10H,3-4H2,1-2H3;2*1-5H,(H,8,9). The zero-order valence-electron chi connectivity index (χ0n) is 15.9. The van der Waals surface area contributed by atoms with Crippen LogP contribution in [0.25, 0.3) is 0 Å². The Labute approximate surface area is 173 Å². The summed E-state index contributed by atoms with van der Waals surface area (Å²) in [6.45, 7) is 3.78. The van der Waals surface area contributed by atoms with Crippen molar-refractivity contribution < 1.29 is 30.0 Å². The van der Waals surface area contributed by atoms with Crippen molar-refractivity contribution in [3.05, 3.63) is 71.8 Å². The molecule has 0 aliphatic heterocycles. The molecule has 0 heterocycles. The van der Waals surface area contributed by atoms with Gasteiger partial charge in [-0.05, 0) is 37.1 Å². The molecule has 2 aromatic rings. The molecule has 2 atom stereocenters. The van der Waals surface area contributed by atoms with Gasteiger partial charge in [-0.2, -0.15) is 0 Å². The molecule has 0 radical (unpaired) electrons. The first-order valence-corrected chi connectivity index (χ1v) is 9.72. The molecule has 0 saturated carbocycles. The van der Waals surface area contributed by atoms with Gasteiger partial charge < -0.3 is 20.4 Å². The maximum Gasteiger partial charge on any atom is 0.335 e. The molecule has 2 rings (SSSR count). The Morgan fingerprint density at radius 2 is 1.04 bits per heavy atom. The lowest BCUT2D eigenvalue weighted by Crippen LogP contribution is -2.31. The van der Waals surface area contributed by atoms with Crippen molar-refractivity contribution in [2.45, 2.75) is 43.7 Å². The fraction of sp³-hybridized carbons (Fsp3) is 0.333. The predicted molar refractivity (Wildman–Crippen MR) is 112 cm³/mol. The normalized spacial score (nSPS) is 12.9. The molecule has 0 spiro atoms. The largest absolute Gasteiger partial charge is 0.478 e. The highest BCUT2D eigenvalue weighted by atomic mass is 79.9. The molecule has 0 fully saturated rings. The van der Waals surface area contributed by atoms with Crippen molar-refractivity contribution in [2.24, 2.45) is 0 Å². The number of aliphatic hydroxyl groups excluding tert-OH is 2. The number of carboxylic acids is 2. The third kappa shape index (κ3) is 10.8. The van der Waals surface area contributed by atoms with Crippen molar-refractivity contribution in [3.8, 4) is 0 Å². The van der Waals surface area contributed by atoms with Gasteiger partial charge in [0.1, 0.15) is 0 Å². The monoisotopic (exact) mass is 454 g/mol. The summed E-state index contributed by atoms with van der Waals surface area (Å²) in [5.74, 6) is -1.76. The van der Waals surface area contributed by atoms with E-state index in [2.05, 4.69) is 15.9 Å². The summed E-state index contributed by atoms with van der Waals surface area (Å²) >= 11 is 3.23. The molecule has 7 heteroatoms. The highest BCUT2D eigenvalue weighted by Gasteiger charge is 2.20. The minimum absolute atomic E-state index is 0.178.